The largest absolute Gasteiger partial charge is 0.497 e. The van der Waals surface area contributed by atoms with Crippen LogP contribution in [0.15, 0.2) is 58.5 Å². The van der Waals surface area contributed by atoms with Crippen molar-refractivity contribution in [3.05, 3.63) is 58.9 Å². The third-order valence-electron chi connectivity index (χ3n) is 3.58. The molecule has 0 atom stereocenters. The zero-order valence-corrected chi connectivity index (χ0v) is 15.2. The topological polar surface area (TPSA) is 44.1 Å². The Bertz CT molecular complexity index is 909. The molecule has 1 heterocycles. The molecule has 3 rings (SSSR count). The second-order valence-electron chi connectivity index (χ2n) is 5.09. The number of methoxy groups -OCH3 is 1. The highest BCUT2D eigenvalue weighted by molar-refractivity contribution is 8.02. The molecule has 3 aromatic rings. The van der Waals surface area contributed by atoms with Crippen molar-refractivity contribution in [3.63, 3.8) is 0 Å². The molecule has 0 spiro atoms. The Hall–Kier alpha value is -1.92. The summed E-state index contributed by atoms with van der Waals surface area (Å²) in [6, 6.07) is 15.0. The van der Waals surface area contributed by atoms with Gasteiger partial charge in [-0.1, -0.05) is 30.0 Å². The van der Waals surface area contributed by atoms with Crippen LogP contribution in [0.4, 0.5) is 0 Å². The van der Waals surface area contributed by atoms with E-state index in [9.17, 15) is 4.79 Å². The molecule has 0 saturated carbocycles. The molecule has 0 amide bonds. The number of hydrogen-bond donors (Lipinski definition) is 0. The second-order valence-corrected chi connectivity index (χ2v) is 7.14. The number of rotatable bonds is 6. The average molecular weight is 358 g/mol. The maximum Gasteiger partial charge on any atom is 0.266 e. The van der Waals surface area contributed by atoms with Crippen LogP contribution in [-0.2, 0) is 0 Å². The molecule has 6 heteroatoms. The first kappa shape index (κ1) is 16.9. The summed E-state index contributed by atoms with van der Waals surface area (Å²) in [6.07, 6.45) is 2.07. The summed E-state index contributed by atoms with van der Waals surface area (Å²) in [5.41, 5.74) is 1.44. The highest BCUT2D eigenvalue weighted by Gasteiger charge is 2.13. The quantitative estimate of drug-likeness (QED) is 0.380. The van der Waals surface area contributed by atoms with Gasteiger partial charge in [0.1, 0.15) is 5.75 Å². The van der Waals surface area contributed by atoms with E-state index in [4.69, 9.17) is 9.72 Å². The van der Waals surface area contributed by atoms with Crippen molar-refractivity contribution in [2.75, 3.05) is 24.9 Å². The Balaban J connectivity index is 2.20. The van der Waals surface area contributed by atoms with Crippen molar-refractivity contribution in [1.29, 1.82) is 0 Å². The van der Waals surface area contributed by atoms with Gasteiger partial charge < -0.3 is 4.74 Å². The van der Waals surface area contributed by atoms with Crippen molar-refractivity contribution in [2.45, 2.75) is 5.16 Å². The number of thioether (sulfide) groups is 2. The first-order valence-corrected chi connectivity index (χ1v) is 9.90. The van der Waals surface area contributed by atoms with E-state index in [0.29, 0.717) is 16.3 Å². The van der Waals surface area contributed by atoms with Gasteiger partial charge in [-0.3, -0.25) is 9.36 Å². The maximum atomic E-state index is 13.0. The predicted octanol–water partition coefficient (Wildman–Crippen LogP) is 3.85. The van der Waals surface area contributed by atoms with Crippen molar-refractivity contribution in [1.82, 2.24) is 9.55 Å². The first-order valence-electron chi connectivity index (χ1n) is 7.52. The first-order chi connectivity index (χ1) is 11.7. The molecule has 0 aliphatic carbocycles. The monoisotopic (exact) mass is 358 g/mol. The molecule has 0 fully saturated rings. The van der Waals surface area contributed by atoms with Crippen molar-refractivity contribution < 1.29 is 4.74 Å². The van der Waals surface area contributed by atoms with E-state index in [0.717, 1.165) is 22.7 Å². The van der Waals surface area contributed by atoms with E-state index < -0.39 is 0 Å². The Morgan fingerprint density at radius 2 is 1.96 bits per heavy atom. The lowest BCUT2D eigenvalue weighted by Gasteiger charge is -2.13. The van der Waals surface area contributed by atoms with Crippen molar-refractivity contribution in [2.24, 2.45) is 0 Å². The maximum absolute atomic E-state index is 13.0. The van der Waals surface area contributed by atoms with Crippen LogP contribution in [0.2, 0.25) is 0 Å². The normalized spacial score (nSPS) is 10.9. The van der Waals surface area contributed by atoms with Crippen molar-refractivity contribution in [3.8, 4) is 11.4 Å². The van der Waals surface area contributed by atoms with Gasteiger partial charge in [0.05, 0.1) is 23.7 Å². The Morgan fingerprint density at radius 1 is 1.12 bits per heavy atom. The van der Waals surface area contributed by atoms with Crippen LogP contribution in [0.5, 0.6) is 5.75 Å². The molecule has 2 aromatic carbocycles. The summed E-state index contributed by atoms with van der Waals surface area (Å²) in [5, 5.41) is 1.33. The smallest absolute Gasteiger partial charge is 0.266 e. The minimum Gasteiger partial charge on any atom is -0.497 e. The molecule has 4 nitrogen and oxygen atoms in total. The molecule has 0 N–H and O–H groups in total. The molecule has 0 radical (unpaired) electrons. The van der Waals surface area contributed by atoms with Crippen LogP contribution >= 0.6 is 23.5 Å². The molecule has 124 valence electrons. The van der Waals surface area contributed by atoms with Crippen LogP contribution in [0.1, 0.15) is 0 Å². The van der Waals surface area contributed by atoms with E-state index in [1.807, 2.05) is 48.5 Å². The summed E-state index contributed by atoms with van der Waals surface area (Å²) in [7, 11) is 1.62. The van der Waals surface area contributed by atoms with Gasteiger partial charge in [0, 0.05) is 17.6 Å². The highest BCUT2D eigenvalue weighted by Crippen LogP contribution is 2.23. The molecule has 0 aliphatic rings. The lowest BCUT2D eigenvalue weighted by Crippen LogP contribution is -2.22. The Kier molecular flexibility index (Phi) is 5.48. The van der Waals surface area contributed by atoms with E-state index in [1.54, 1.807) is 35.2 Å². The fourth-order valence-corrected chi connectivity index (χ4v) is 4.07. The summed E-state index contributed by atoms with van der Waals surface area (Å²) in [4.78, 5) is 17.8. The fraction of sp³-hybridized carbons (Fsp3) is 0.222. The molecule has 0 bridgehead atoms. The van der Waals surface area contributed by atoms with Gasteiger partial charge >= 0.3 is 0 Å². The summed E-state index contributed by atoms with van der Waals surface area (Å²) >= 11 is 3.38. The van der Waals surface area contributed by atoms with Crippen LogP contribution in [-0.4, -0.2) is 34.4 Å². The molecule has 24 heavy (non-hydrogen) atoms. The van der Waals surface area contributed by atoms with E-state index >= 15 is 0 Å². The average Bonchev–Trinajstić information content (AvgIpc) is 2.62. The van der Waals surface area contributed by atoms with Crippen LogP contribution in [0.25, 0.3) is 16.6 Å². The Labute approximate surface area is 149 Å². The number of aromatic nitrogens is 2. The van der Waals surface area contributed by atoms with Gasteiger partial charge in [-0.05, 0) is 30.5 Å². The number of benzene rings is 2. The van der Waals surface area contributed by atoms with Gasteiger partial charge in [0.2, 0.25) is 0 Å². The van der Waals surface area contributed by atoms with E-state index in [1.165, 1.54) is 0 Å². The van der Waals surface area contributed by atoms with Crippen LogP contribution < -0.4 is 10.3 Å². The lowest BCUT2D eigenvalue weighted by molar-refractivity contribution is 0.414. The third-order valence-corrected chi connectivity index (χ3v) is 5.39. The predicted molar refractivity (Wildman–Crippen MR) is 103 cm³/mol. The number of para-hydroxylation sites is 1. The molecular formula is C18H18N2O2S2. The summed E-state index contributed by atoms with van der Waals surface area (Å²) < 4.78 is 6.97. The number of hydrogen-bond acceptors (Lipinski definition) is 5. The van der Waals surface area contributed by atoms with Gasteiger partial charge in [-0.2, -0.15) is 11.8 Å². The van der Waals surface area contributed by atoms with Gasteiger partial charge in [-0.15, -0.1) is 0 Å². The molecule has 0 unspecified atom stereocenters. The van der Waals surface area contributed by atoms with Crippen LogP contribution in [0.3, 0.4) is 0 Å². The lowest BCUT2D eigenvalue weighted by atomic mass is 10.2. The number of ether oxygens (including phenoxy) is 1. The van der Waals surface area contributed by atoms with Gasteiger partial charge in [0.25, 0.3) is 5.56 Å². The molecular weight excluding hydrogens is 340 g/mol. The summed E-state index contributed by atoms with van der Waals surface area (Å²) in [6.45, 7) is 0. The Morgan fingerprint density at radius 3 is 2.75 bits per heavy atom. The minimum atomic E-state index is -0.0551. The van der Waals surface area contributed by atoms with Crippen LogP contribution in [0, 0.1) is 0 Å². The third kappa shape index (κ3) is 3.44. The van der Waals surface area contributed by atoms with Crippen molar-refractivity contribution >= 4 is 34.4 Å². The van der Waals surface area contributed by atoms with Gasteiger partial charge in [-0.25, -0.2) is 4.98 Å². The zero-order valence-electron chi connectivity index (χ0n) is 13.6. The molecule has 0 saturated heterocycles. The van der Waals surface area contributed by atoms with E-state index in [2.05, 4.69) is 6.26 Å². The van der Waals surface area contributed by atoms with E-state index in [-0.39, 0.29) is 5.56 Å². The number of fused-ring (bicyclic) bond motifs is 1. The standard InChI is InChI=1S/C18H18N2O2S2/c1-22-14-7-5-6-13(12-14)20-17(21)15-8-3-4-9-16(15)19-18(20)24-11-10-23-2/h3-9,12H,10-11H2,1-2H3. The zero-order chi connectivity index (χ0) is 16.9. The highest BCUT2D eigenvalue weighted by atomic mass is 32.2. The minimum absolute atomic E-state index is 0.0551. The number of nitrogens with zero attached hydrogens (tertiary/aromatic N) is 2. The second kappa shape index (κ2) is 7.77. The van der Waals surface area contributed by atoms with Gasteiger partial charge in [0.15, 0.2) is 5.16 Å². The fourth-order valence-electron chi connectivity index (χ4n) is 2.40. The molecule has 0 aliphatic heterocycles. The SMILES string of the molecule is COc1cccc(-n2c(SCCSC)nc3ccccc3c2=O)c1. The summed E-state index contributed by atoms with van der Waals surface area (Å²) in [5.74, 6) is 2.62. The molecule has 1 aromatic heterocycles.